The first kappa shape index (κ1) is 11.9. The van der Waals surface area contributed by atoms with Crippen molar-refractivity contribution in [2.24, 2.45) is 0 Å². The van der Waals surface area contributed by atoms with E-state index in [1.54, 1.807) is 4.68 Å². The molecule has 1 aromatic heterocycles. The summed E-state index contributed by atoms with van der Waals surface area (Å²) in [6.07, 6.45) is 0. The van der Waals surface area contributed by atoms with Crippen LogP contribution in [0.3, 0.4) is 0 Å². The summed E-state index contributed by atoms with van der Waals surface area (Å²) in [5.74, 6) is 0.568. The number of nitrogens with zero attached hydrogens (tertiary/aromatic N) is 4. The number of aromatic nitrogens is 4. The smallest absolute Gasteiger partial charge is 0.252 e. The van der Waals surface area contributed by atoms with Crippen molar-refractivity contribution >= 4 is 27.6 Å². The van der Waals surface area contributed by atoms with E-state index >= 15 is 0 Å². The van der Waals surface area contributed by atoms with E-state index in [0.717, 1.165) is 15.8 Å². The van der Waals surface area contributed by atoms with E-state index in [2.05, 4.69) is 36.8 Å². The van der Waals surface area contributed by atoms with E-state index in [-0.39, 0.29) is 0 Å². The molecular weight excluding hydrogens is 306 g/mol. The molecule has 0 aliphatic heterocycles. The number of nitrogens with one attached hydrogen (secondary N) is 1. The normalized spacial score (nSPS) is 10.4. The minimum atomic E-state index is 0.568. The molecule has 0 aliphatic rings. The Hall–Kier alpha value is -2.21. The quantitative estimate of drug-likeness (QED) is 0.806. The molecule has 0 radical (unpaired) electrons. The summed E-state index contributed by atoms with van der Waals surface area (Å²) in [6, 6.07) is 17.5. The van der Waals surface area contributed by atoms with E-state index < -0.39 is 0 Å². The van der Waals surface area contributed by atoms with Crippen LogP contribution >= 0.6 is 15.9 Å². The van der Waals surface area contributed by atoms with Crippen molar-refractivity contribution in [1.29, 1.82) is 0 Å². The van der Waals surface area contributed by atoms with Crippen LogP contribution in [0.4, 0.5) is 11.6 Å². The SMILES string of the molecule is Brc1ccccc1Nc1nnnn1-c1ccccc1. The Labute approximate surface area is 118 Å². The van der Waals surface area contributed by atoms with Crippen molar-refractivity contribution < 1.29 is 0 Å². The summed E-state index contributed by atoms with van der Waals surface area (Å²) in [5.41, 5.74) is 1.82. The van der Waals surface area contributed by atoms with Crippen molar-refractivity contribution in [1.82, 2.24) is 20.2 Å². The zero-order valence-corrected chi connectivity index (χ0v) is 11.4. The Morgan fingerprint density at radius 2 is 1.68 bits per heavy atom. The van der Waals surface area contributed by atoms with Gasteiger partial charge in [0.2, 0.25) is 0 Å². The monoisotopic (exact) mass is 315 g/mol. The predicted molar refractivity (Wildman–Crippen MR) is 76.6 cm³/mol. The van der Waals surface area contributed by atoms with Crippen LogP contribution in [0.1, 0.15) is 0 Å². The van der Waals surface area contributed by atoms with Gasteiger partial charge in [0.05, 0.1) is 11.4 Å². The number of hydrogen-bond acceptors (Lipinski definition) is 4. The van der Waals surface area contributed by atoms with Gasteiger partial charge in [0.15, 0.2) is 0 Å². The Balaban J connectivity index is 1.96. The molecule has 0 spiro atoms. The second-order valence-electron chi connectivity index (χ2n) is 3.85. The van der Waals surface area contributed by atoms with Crippen molar-refractivity contribution in [2.45, 2.75) is 0 Å². The van der Waals surface area contributed by atoms with Gasteiger partial charge >= 0.3 is 0 Å². The van der Waals surface area contributed by atoms with Crippen LogP contribution in [-0.2, 0) is 0 Å². The highest BCUT2D eigenvalue weighted by Gasteiger charge is 2.09. The first-order valence-electron chi connectivity index (χ1n) is 5.70. The lowest BCUT2D eigenvalue weighted by Gasteiger charge is -2.08. The summed E-state index contributed by atoms with van der Waals surface area (Å²) in [5, 5.41) is 14.9. The van der Waals surface area contributed by atoms with Gasteiger partial charge in [-0.15, -0.1) is 0 Å². The van der Waals surface area contributed by atoms with E-state index in [0.29, 0.717) is 5.95 Å². The molecule has 6 heteroatoms. The molecule has 0 saturated heterocycles. The Bertz CT molecular complexity index is 680. The van der Waals surface area contributed by atoms with Gasteiger partial charge in [-0.25, -0.2) is 0 Å². The number of anilines is 2. The second kappa shape index (κ2) is 5.19. The number of benzene rings is 2. The lowest BCUT2D eigenvalue weighted by Crippen LogP contribution is -2.03. The lowest BCUT2D eigenvalue weighted by molar-refractivity contribution is 0.791. The van der Waals surface area contributed by atoms with Crippen LogP contribution in [0.15, 0.2) is 59.1 Å². The van der Waals surface area contributed by atoms with Gasteiger partial charge in [-0.05, 0) is 50.6 Å². The van der Waals surface area contributed by atoms with Crippen molar-refractivity contribution in [3.63, 3.8) is 0 Å². The van der Waals surface area contributed by atoms with Crippen molar-refractivity contribution in [3.8, 4) is 5.69 Å². The largest absolute Gasteiger partial charge is 0.322 e. The highest BCUT2D eigenvalue weighted by atomic mass is 79.9. The molecule has 1 N–H and O–H groups in total. The van der Waals surface area contributed by atoms with Crippen LogP contribution in [-0.4, -0.2) is 20.2 Å². The molecule has 0 atom stereocenters. The summed E-state index contributed by atoms with van der Waals surface area (Å²) >= 11 is 3.48. The van der Waals surface area contributed by atoms with Crippen molar-refractivity contribution in [3.05, 3.63) is 59.1 Å². The van der Waals surface area contributed by atoms with Gasteiger partial charge in [-0.2, -0.15) is 4.68 Å². The summed E-state index contributed by atoms with van der Waals surface area (Å²) < 4.78 is 2.61. The fourth-order valence-corrected chi connectivity index (χ4v) is 2.08. The average Bonchev–Trinajstić information content (AvgIpc) is 2.91. The molecule has 2 aromatic carbocycles. The van der Waals surface area contributed by atoms with Crippen LogP contribution in [0.2, 0.25) is 0 Å². The van der Waals surface area contributed by atoms with Crippen LogP contribution < -0.4 is 5.32 Å². The third kappa shape index (κ3) is 2.48. The average molecular weight is 316 g/mol. The maximum Gasteiger partial charge on any atom is 0.252 e. The second-order valence-corrected chi connectivity index (χ2v) is 4.71. The standard InChI is InChI=1S/C13H10BrN5/c14-11-8-4-5-9-12(11)15-13-16-17-18-19(13)10-6-2-1-3-7-10/h1-9H,(H,15,16,18). The fraction of sp³-hybridized carbons (Fsp3) is 0. The summed E-state index contributed by atoms with van der Waals surface area (Å²) in [6.45, 7) is 0. The maximum atomic E-state index is 4.00. The Morgan fingerprint density at radius 1 is 0.947 bits per heavy atom. The molecular formula is C13H10BrN5. The van der Waals surface area contributed by atoms with E-state index in [1.165, 1.54) is 0 Å². The summed E-state index contributed by atoms with van der Waals surface area (Å²) in [4.78, 5) is 0. The fourth-order valence-electron chi connectivity index (χ4n) is 1.69. The Kier molecular flexibility index (Phi) is 3.24. The van der Waals surface area contributed by atoms with Gasteiger partial charge in [0.1, 0.15) is 0 Å². The zero-order chi connectivity index (χ0) is 13.1. The number of halogens is 1. The van der Waals surface area contributed by atoms with Crippen molar-refractivity contribution in [2.75, 3.05) is 5.32 Å². The number of para-hydroxylation sites is 2. The number of rotatable bonds is 3. The highest BCUT2D eigenvalue weighted by molar-refractivity contribution is 9.10. The molecule has 3 aromatic rings. The zero-order valence-electron chi connectivity index (χ0n) is 9.86. The predicted octanol–water partition coefficient (Wildman–Crippen LogP) is 3.17. The molecule has 0 unspecified atom stereocenters. The third-order valence-electron chi connectivity index (χ3n) is 2.59. The third-order valence-corrected chi connectivity index (χ3v) is 3.28. The lowest BCUT2D eigenvalue weighted by atomic mass is 10.3. The first-order chi connectivity index (χ1) is 9.34. The molecule has 0 bridgehead atoms. The van der Waals surface area contributed by atoms with E-state index in [4.69, 9.17) is 0 Å². The van der Waals surface area contributed by atoms with Gasteiger partial charge < -0.3 is 5.32 Å². The van der Waals surface area contributed by atoms with Gasteiger partial charge in [-0.1, -0.05) is 35.4 Å². The summed E-state index contributed by atoms with van der Waals surface area (Å²) in [7, 11) is 0. The minimum absolute atomic E-state index is 0.568. The molecule has 5 nitrogen and oxygen atoms in total. The maximum absolute atomic E-state index is 4.00. The first-order valence-corrected chi connectivity index (χ1v) is 6.49. The van der Waals surface area contributed by atoms with Gasteiger partial charge in [0, 0.05) is 4.47 Å². The van der Waals surface area contributed by atoms with Gasteiger partial charge in [0.25, 0.3) is 5.95 Å². The van der Waals surface area contributed by atoms with Gasteiger partial charge in [-0.3, -0.25) is 0 Å². The molecule has 0 fully saturated rings. The number of hydrogen-bond donors (Lipinski definition) is 1. The molecule has 0 aliphatic carbocycles. The van der Waals surface area contributed by atoms with E-state index in [9.17, 15) is 0 Å². The topological polar surface area (TPSA) is 55.6 Å². The molecule has 0 saturated carbocycles. The van der Waals surface area contributed by atoms with Crippen LogP contribution in [0.25, 0.3) is 5.69 Å². The van der Waals surface area contributed by atoms with Crippen LogP contribution in [0.5, 0.6) is 0 Å². The minimum Gasteiger partial charge on any atom is -0.322 e. The Morgan fingerprint density at radius 3 is 2.47 bits per heavy atom. The molecule has 3 rings (SSSR count). The molecule has 0 amide bonds. The molecule has 19 heavy (non-hydrogen) atoms. The van der Waals surface area contributed by atoms with E-state index in [1.807, 2.05) is 54.6 Å². The molecule has 94 valence electrons. The molecule has 1 heterocycles. The number of tetrazole rings is 1. The highest BCUT2D eigenvalue weighted by Crippen LogP contribution is 2.24. The van der Waals surface area contributed by atoms with Crippen LogP contribution in [0, 0.1) is 0 Å².